The Labute approximate surface area is 193 Å². The van der Waals surface area contributed by atoms with Crippen molar-refractivity contribution in [1.82, 2.24) is 0 Å². The van der Waals surface area contributed by atoms with Gasteiger partial charge in [-0.3, -0.25) is 9.47 Å². The van der Waals surface area contributed by atoms with Gasteiger partial charge in [-0.05, 0) is 6.92 Å². The van der Waals surface area contributed by atoms with Gasteiger partial charge in [0.2, 0.25) is 0 Å². The molecule has 0 spiro atoms. The third kappa shape index (κ3) is 8.67. The molecule has 0 saturated heterocycles. The van der Waals surface area contributed by atoms with Crippen molar-refractivity contribution in [1.29, 1.82) is 0 Å². The van der Waals surface area contributed by atoms with Crippen LogP contribution in [0, 0.1) is 0 Å². The normalized spacial score (nSPS) is 18.4. The minimum Gasteiger partial charge on any atom is -0.312 e. The second kappa shape index (κ2) is 11.6. The van der Waals surface area contributed by atoms with E-state index in [0.29, 0.717) is 0 Å². The summed E-state index contributed by atoms with van der Waals surface area (Å²) in [4.78, 5) is 0. The second-order valence-corrected chi connectivity index (χ2v) is 6.57. The van der Waals surface area contributed by atoms with Gasteiger partial charge in [-0.2, -0.15) is 57.1 Å². The van der Waals surface area contributed by atoms with E-state index in [1.807, 2.05) is 0 Å². The highest BCUT2D eigenvalue weighted by molar-refractivity contribution is 4.88. The van der Waals surface area contributed by atoms with Crippen LogP contribution >= 0.6 is 0 Å². The minimum atomic E-state index is -7.13. The van der Waals surface area contributed by atoms with E-state index in [-0.39, 0.29) is 12.2 Å². The molecule has 3 unspecified atom stereocenters. The van der Waals surface area contributed by atoms with Gasteiger partial charge in [0.15, 0.2) is 0 Å². The first-order chi connectivity index (χ1) is 16.2. The van der Waals surface area contributed by atoms with Crippen molar-refractivity contribution >= 4 is 0 Å². The smallest absolute Gasteiger partial charge is 0.312 e. The molecular weight excluding hydrogens is 586 g/mol. The molecule has 0 aromatic carbocycles. The maximum Gasteiger partial charge on any atom is 0.462 e. The molecule has 0 aliphatic heterocycles. The molecule has 0 aliphatic carbocycles. The summed E-state index contributed by atoms with van der Waals surface area (Å²) >= 11 is 0. The van der Waals surface area contributed by atoms with E-state index < -0.39 is 81.5 Å². The second-order valence-electron chi connectivity index (χ2n) is 6.57. The molecule has 0 heterocycles. The van der Waals surface area contributed by atoms with Crippen LogP contribution in [0.2, 0.25) is 0 Å². The Kier molecular flexibility index (Phi) is 11.1. The van der Waals surface area contributed by atoms with E-state index in [1.54, 1.807) is 0 Å². The van der Waals surface area contributed by atoms with E-state index in [2.05, 4.69) is 18.9 Å². The Morgan fingerprint density at radius 3 is 1.19 bits per heavy atom. The first kappa shape index (κ1) is 35.3. The molecule has 3 atom stereocenters. The molecule has 0 aliphatic rings. The van der Waals surface area contributed by atoms with Crippen LogP contribution < -0.4 is 0 Å². The zero-order chi connectivity index (χ0) is 29.9. The molecule has 0 radical (unpaired) electrons. The lowest BCUT2D eigenvalue weighted by molar-refractivity contribution is -0.464. The number of rotatable bonds is 15. The molecule has 0 aromatic heterocycles. The summed E-state index contributed by atoms with van der Waals surface area (Å²) in [5.41, 5.74) is -4.94. The molecule has 37 heavy (non-hydrogen) atoms. The van der Waals surface area contributed by atoms with Gasteiger partial charge in [-0.15, -0.1) is 0 Å². The fourth-order valence-electron chi connectivity index (χ4n) is 1.46. The monoisotopic (exact) mass is 598 g/mol. The highest BCUT2D eigenvalue weighted by Gasteiger charge is 2.76. The number of ether oxygens (including phenoxy) is 4. The summed E-state index contributed by atoms with van der Waals surface area (Å²) in [6.07, 6.45) is -44.7. The first-order valence-electron chi connectivity index (χ1n) is 8.65. The third-order valence-corrected chi connectivity index (χ3v) is 3.64. The average molecular weight is 598 g/mol. The lowest BCUT2D eigenvalue weighted by Crippen LogP contribution is -2.56. The number of halogens is 18. The molecule has 22 heteroatoms. The van der Waals surface area contributed by atoms with Gasteiger partial charge in [0, 0.05) is 0 Å². The van der Waals surface area contributed by atoms with Crippen LogP contribution in [-0.4, -0.2) is 74.6 Å². The molecular formula is C15H12F18O4. The Morgan fingerprint density at radius 1 is 0.568 bits per heavy atom. The van der Waals surface area contributed by atoms with Crippen molar-refractivity contribution in [2.45, 2.75) is 68.3 Å². The van der Waals surface area contributed by atoms with Crippen molar-refractivity contribution in [3.63, 3.8) is 0 Å². The zero-order valence-corrected chi connectivity index (χ0v) is 17.2. The van der Waals surface area contributed by atoms with Crippen LogP contribution in [-0.2, 0) is 18.9 Å². The predicted molar refractivity (Wildman–Crippen MR) is 79.3 cm³/mol. The number of hydrogen-bond acceptors (Lipinski definition) is 4. The van der Waals surface area contributed by atoms with Gasteiger partial charge in [-0.1, -0.05) is 12.2 Å². The van der Waals surface area contributed by atoms with E-state index in [0.717, 1.165) is 0 Å². The molecule has 0 saturated carbocycles. The van der Waals surface area contributed by atoms with Gasteiger partial charge in [0.1, 0.15) is 0 Å². The quantitative estimate of drug-likeness (QED) is 0.154. The summed E-state index contributed by atoms with van der Waals surface area (Å²) < 4.78 is 240. The lowest BCUT2D eigenvalue weighted by atomic mass is 10.1. The van der Waals surface area contributed by atoms with Gasteiger partial charge in [0.25, 0.3) is 24.8 Å². The standard InChI is InChI=1S/C15H12F18O4/c1-9(20,6(16)17)14(30,31)36-7(18)10(21,22)34-4-2-3-5-35-11(23,24)8(19)37-15(32,33)12(25,26)13(27,28)29/h2-3,6-8H,4-5H2,1H3/b3-2+. The largest absolute Gasteiger partial charge is 0.462 e. The topological polar surface area (TPSA) is 36.9 Å². The number of alkyl halides is 18. The van der Waals surface area contributed by atoms with Gasteiger partial charge < -0.3 is 9.47 Å². The molecule has 0 fully saturated rings. The third-order valence-electron chi connectivity index (χ3n) is 3.64. The lowest BCUT2D eigenvalue weighted by Gasteiger charge is -2.31. The average Bonchev–Trinajstić information content (AvgIpc) is 2.68. The van der Waals surface area contributed by atoms with Crippen LogP contribution in [0.5, 0.6) is 0 Å². The van der Waals surface area contributed by atoms with Crippen molar-refractivity contribution in [2.24, 2.45) is 0 Å². The van der Waals surface area contributed by atoms with Gasteiger partial charge >= 0.3 is 36.5 Å². The summed E-state index contributed by atoms with van der Waals surface area (Å²) in [5, 5.41) is 0. The molecule has 0 rings (SSSR count). The zero-order valence-electron chi connectivity index (χ0n) is 17.2. The predicted octanol–water partition coefficient (Wildman–Crippen LogP) is 6.76. The SMILES string of the molecule is CC(F)(C(F)F)C(F)(F)OC(F)C(F)(F)OC/C=C/COC(F)(F)C(F)OC(F)(F)C(F)(F)C(F)(F)F. The van der Waals surface area contributed by atoms with Gasteiger partial charge in [0.05, 0.1) is 13.2 Å². The maximum absolute atomic E-state index is 13.2. The molecule has 0 aromatic rings. The van der Waals surface area contributed by atoms with E-state index in [4.69, 9.17) is 0 Å². The fourth-order valence-corrected chi connectivity index (χ4v) is 1.46. The highest BCUT2D eigenvalue weighted by atomic mass is 19.4. The summed E-state index contributed by atoms with van der Waals surface area (Å²) in [5.74, 6) is -7.13. The summed E-state index contributed by atoms with van der Waals surface area (Å²) in [6, 6.07) is 0. The molecule has 222 valence electrons. The maximum atomic E-state index is 13.2. The van der Waals surface area contributed by atoms with E-state index in [9.17, 15) is 79.0 Å². The Balaban J connectivity index is 4.91. The molecule has 0 N–H and O–H groups in total. The highest BCUT2D eigenvalue weighted by Crippen LogP contribution is 2.48. The summed E-state index contributed by atoms with van der Waals surface area (Å²) in [7, 11) is 0. The van der Waals surface area contributed by atoms with Crippen molar-refractivity contribution < 1.29 is 98.0 Å². The first-order valence-corrected chi connectivity index (χ1v) is 8.65. The van der Waals surface area contributed by atoms with Crippen LogP contribution in [0.25, 0.3) is 0 Å². The van der Waals surface area contributed by atoms with E-state index >= 15 is 0 Å². The Bertz CT molecular complexity index is 750. The molecule has 0 amide bonds. The van der Waals surface area contributed by atoms with Crippen molar-refractivity contribution in [2.75, 3.05) is 13.2 Å². The van der Waals surface area contributed by atoms with Crippen molar-refractivity contribution in [3.05, 3.63) is 12.2 Å². The van der Waals surface area contributed by atoms with E-state index in [1.165, 1.54) is 0 Å². The molecule has 0 bridgehead atoms. The van der Waals surface area contributed by atoms with Crippen LogP contribution in [0.4, 0.5) is 79.0 Å². The fraction of sp³-hybridized carbons (Fsp3) is 0.867. The van der Waals surface area contributed by atoms with Crippen LogP contribution in [0.1, 0.15) is 6.92 Å². The molecule has 4 nitrogen and oxygen atoms in total. The minimum absolute atomic E-state index is 0.108. The summed E-state index contributed by atoms with van der Waals surface area (Å²) in [6.45, 7) is -3.89. The van der Waals surface area contributed by atoms with Crippen LogP contribution in [0.15, 0.2) is 12.2 Å². The Morgan fingerprint density at radius 2 is 0.892 bits per heavy atom. The van der Waals surface area contributed by atoms with Gasteiger partial charge in [-0.25, -0.2) is 22.0 Å². The van der Waals surface area contributed by atoms with Crippen molar-refractivity contribution in [3.8, 4) is 0 Å². The van der Waals surface area contributed by atoms with Crippen LogP contribution in [0.3, 0.4) is 0 Å². The number of hydrogen-bond donors (Lipinski definition) is 0. The Hall–Kier alpha value is -1.68.